The molecule has 2 heterocycles. The van der Waals surface area contributed by atoms with Crippen molar-refractivity contribution in [3.05, 3.63) is 45.8 Å². The van der Waals surface area contributed by atoms with Gasteiger partial charge >= 0.3 is 5.63 Å². The average molecular weight is 333 g/mol. The van der Waals surface area contributed by atoms with Crippen molar-refractivity contribution in [2.45, 2.75) is 31.9 Å². The van der Waals surface area contributed by atoms with Crippen LogP contribution in [0.3, 0.4) is 0 Å². The lowest BCUT2D eigenvalue weighted by atomic mass is 10.1. The number of nitrogens with zero attached hydrogens (tertiary/aromatic N) is 1. The third-order valence-electron chi connectivity index (χ3n) is 4.02. The van der Waals surface area contributed by atoms with Crippen molar-refractivity contribution < 1.29 is 4.42 Å². The molecule has 0 radical (unpaired) electrons. The summed E-state index contributed by atoms with van der Waals surface area (Å²) in [6.07, 6.45) is 3.37. The summed E-state index contributed by atoms with van der Waals surface area (Å²) in [5, 5.41) is 1.01. The Bertz CT molecular complexity index is 748. The van der Waals surface area contributed by atoms with Crippen molar-refractivity contribution in [2.75, 3.05) is 13.1 Å². The van der Waals surface area contributed by atoms with Crippen LogP contribution in [-0.4, -0.2) is 22.3 Å². The summed E-state index contributed by atoms with van der Waals surface area (Å²) in [5.74, 6) is 0.711. The molecule has 1 aliphatic rings. The molecule has 116 valence electrons. The molecular formula is C17H19NO2S2. The van der Waals surface area contributed by atoms with Crippen LogP contribution in [0.4, 0.5) is 0 Å². The molecule has 0 saturated carbocycles. The fourth-order valence-corrected chi connectivity index (χ4v) is 3.99. The number of aryl methyl sites for hydroxylation is 1. The van der Waals surface area contributed by atoms with Gasteiger partial charge in [-0.1, -0.05) is 43.0 Å². The predicted octanol–water partition coefficient (Wildman–Crippen LogP) is 3.97. The van der Waals surface area contributed by atoms with Crippen molar-refractivity contribution in [1.82, 2.24) is 4.90 Å². The molecule has 1 aromatic heterocycles. The zero-order chi connectivity index (χ0) is 15.5. The summed E-state index contributed by atoms with van der Waals surface area (Å²) in [6.45, 7) is 4.21. The Labute approximate surface area is 139 Å². The maximum absolute atomic E-state index is 11.8. The van der Waals surface area contributed by atoms with E-state index in [-0.39, 0.29) is 5.63 Å². The second-order valence-electron chi connectivity index (χ2n) is 5.52. The van der Waals surface area contributed by atoms with Gasteiger partial charge in [0, 0.05) is 30.3 Å². The van der Waals surface area contributed by atoms with E-state index in [1.165, 1.54) is 18.4 Å². The second-order valence-corrected chi connectivity index (χ2v) is 7.13. The molecule has 5 heteroatoms. The van der Waals surface area contributed by atoms with Gasteiger partial charge in [0.25, 0.3) is 0 Å². The summed E-state index contributed by atoms with van der Waals surface area (Å²) in [7, 11) is 0. The fraction of sp³-hybridized carbons (Fsp3) is 0.412. The van der Waals surface area contributed by atoms with Gasteiger partial charge in [-0.05, 0) is 36.5 Å². The lowest BCUT2D eigenvalue weighted by Gasteiger charge is -2.17. The first-order valence-corrected chi connectivity index (χ1v) is 9.04. The topological polar surface area (TPSA) is 33.5 Å². The SMILES string of the molecule is CCc1ccc2c(CSC(=S)N3CCCC3)cc(=O)oc2c1. The van der Waals surface area contributed by atoms with E-state index in [0.717, 1.165) is 34.8 Å². The molecule has 1 fully saturated rings. The van der Waals surface area contributed by atoms with E-state index < -0.39 is 0 Å². The third kappa shape index (κ3) is 3.36. The van der Waals surface area contributed by atoms with Crippen LogP contribution in [0.25, 0.3) is 11.0 Å². The molecule has 0 atom stereocenters. The normalized spacial score (nSPS) is 14.7. The number of benzene rings is 1. The highest BCUT2D eigenvalue weighted by atomic mass is 32.2. The minimum atomic E-state index is -0.288. The van der Waals surface area contributed by atoms with Crippen LogP contribution < -0.4 is 5.63 Å². The van der Waals surface area contributed by atoms with Gasteiger partial charge in [-0.15, -0.1) is 0 Å². The van der Waals surface area contributed by atoms with Crippen molar-refractivity contribution >= 4 is 39.3 Å². The molecule has 0 aliphatic carbocycles. The molecule has 3 rings (SSSR count). The third-order valence-corrected chi connectivity index (χ3v) is 5.59. The predicted molar refractivity (Wildman–Crippen MR) is 96.6 cm³/mol. The Hall–Kier alpha value is -1.33. The Kier molecular flexibility index (Phi) is 4.84. The number of fused-ring (bicyclic) bond motifs is 1. The van der Waals surface area contributed by atoms with Gasteiger partial charge in [0.2, 0.25) is 0 Å². The Morgan fingerprint density at radius 3 is 2.82 bits per heavy atom. The molecule has 0 N–H and O–H groups in total. The van der Waals surface area contributed by atoms with E-state index in [0.29, 0.717) is 11.3 Å². The summed E-state index contributed by atoms with van der Waals surface area (Å²) in [6, 6.07) is 7.69. The molecule has 1 aliphatic heterocycles. The molecule has 0 spiro atoms. The first-order chi connectivity index (χ1) is 10.7. The average Bonchev–Trinajstić information content (AvgIpc) is 3.05. The van der Waals surface area contributed by atoms with Gasteiger partial charge in [-0.2, -0.15) is 0 Å². The second kappa shape index (κ2) is 6.84. The Morgan fingerprint density at radius 2 is 2.09 bits per heavy atom. The van der Waals surface area contributed by atoms with Crippen LogP contribution in [0.15, 0.2) is 33.5 Å². The van der Waals surface area contributed by atoms with Gasteiger partial charge in [-0.25, -0.2) is 4.79 Å². The molecule has 1 aromatic carbocycles. The molecule has 1 saturated heterocycles. The minimum absolute atomic E-state index is 0.288. The maximum Gasteiger partial charge on any atom is 0.336 e. The van der Waals surface area contributed by atoms with Crippen molar-refractivity contribution in [1.29, 1.82) is 0 Å². The highest BCUT2D eigenvalue weighted by Crippen LogP contribution is 2.25. The van der Waals surface area contributed by atoms with Gasteiger partial charge in [0.05, 0.1) is 0 Å². The molecule has 22 heavy (non-hydrogen) atoms. The number of thiocarbonyl (C=S) groups is 1. The monoisotopic (exact) mass is 333 g/mol. The summed E-state index contributed by atoms with van der Waals surface area (Å²) >= 11 is 7.13. The quantitative estimate of drug-likeness (QED) is 0.627. The summed E-state index contributed by atoms with van der Waals surface area (Å²) < 4.78 is 6.28. The summed E-state index contributed by atoms with van der Waals surface area (Å²) in [4.78, 5) is 14.0. The minimum Gasteiger partial charge on any atom is -0.423 e. The maximum atomic E-state index is 11.8. The van der Waals surface area contributed by atoms with E-state index in [1.54, 1.807) is 17.8 Å². The lowest BCUT2D eigenvalue weighted by Crippen LogP contribution is -2.23. The van der Waals surface area contributed by atoms with Crippen molar-refractivity contribution in [3.63, 3.8) is 0 Å². The van der Waals surface area contributed by atoms with Crippen LogP contribution in [0.1, 0.15) is 30.9 Å². The van der Waals surface area contributed by atoms with E-state index in [9.17, 15) is 4.79 Å². The molecular weight excluding hydrogens is 314 g/mol. The Balaban J connectivity index is 1.83. The number of rotatable bonds is 3. The molecule has 0 bridgehead atoms. The standard InChI is InChI=1S/C17H19NO2S2/c1-2-12-5-6-14-13(10-16(19)20-15(14)9-12)11-22-17(21)18-7-3-4-8-18/h5-6,9-10H,2-4,7-8,11H2,1H3. The zero-order valence-corrected chi connectivity index (χ0v) is 14.3. The molecule has 0 unspecified atom stereocenters. The molecule has 2 aromatic rings. The van der Waals surface area contributed by atoms with Gasteiger partial charge in [0.15, 0.2) is 0 Å². The van der Waals surface area contributed by atoms with Crippen molar-refractivity contribution in [2.24, 2.45) is 0 Å². The number of hydrogen-bond donors (Lipinski definition) is 0. The van der Waals surface area contributed by atoms with Crippen LogP contribution in [0.2, 0.25) is 0 Å². The first-order valence-electron chi connectivity index (χ1n) is 7.64. The highest BCUT2D eigenvalue weighted by Gasteiger charge is 2.16. The van der Waals surface area contributed by atoms with E-state index in [4.69, 9.17) is 16.6 Å². The van der Waals surface area contributed by atoms with Crippen LogP contribution in [0.5, 0.6) is 0 Å². The van der Waals surface area contributed by atoms with Crippen LogP contribution >= 0.6 is 24.0 Å². The lowest BCUT2D eigenvalue weighted by molar-refractivity contribution is 0.539. The van der Waals surface area contributed by atoms with Crippen LogP contribution in [0, 0.1) is 0 Å². The number of likely N-dealkylation sites (tertiary alicyclic amines) is 1. The summed E-state index contributed by atoms with van der Waals surface area (Å²) in [5.41, 5.74) is 2.56. The first kappa shape index (κ1) is 15.6. The van der Waals surface area contributed by atoms with Crippen LogP contribution in [-0.2, 0) is 12.2 Å². The molecule has 3 nitrogen and oxygen atoms in total. The Morgan fingerprint density at radius 1 is 1.32 bits per heavy atom. The highest BCUT2D eigenvalue weighted by molar-refractivity contribution is 8.22. The van der Waals surface area contributed by atoms with E-state index in [1.807, 2.05) is 12.1 Å². The number of thioether (sulfide) groups is 1. The van der Waals surface area contributed by atoms with Gasteiger partial charge < -0.3 is 9.32 Å². The van der Waals surface area contributed by atoms with Gasteiger partial charge in [-0.3, -0.25) is 0 Å². The van der Waals surface area contributed by atoms with Crippen molar-refractivity contribution in [3.8, 4) is 0 Å². The number of hydrogen-bond acceptors (Lipinski definition) is 4. The molecule has 0 amide bonds. The smallest absolute Gasteiger partial charge is 0.336 e. The van der Waals surface area contributed by atoms with Gasteiger partial charge in [0.1, 0.15) is 9.90 Å². The zero-order valence-electron chi connectivity index (χ0n) is 12.6. The fourth-order valence-electron chi connectivity index (χ4n) is 2.74. The van der Waals surface area contributed by atoms with E-state index in [2.05, 4.69) is 17.9 Å². The van der Waals surface area contributed by atoms with E-state index >= 15 is 0 Å². The largest absolute Gasteiger partial charge is 0.423 e.